The Bertz CT molecular complexity index is 1040. The Balaban J connectivity index is 1.62. The summed E-state index contributed by atoms with van der Waals surface area (Å²) < 4.78 is 5.43. The van der Waals surface area contributed by atoms with E-state index in [-0.39, 0.29) is 18.2 Å². The first-order valence-electron chi connectivity index (χ1n) is 9.45. The van der Waals surface area contributed by atoms with Gasteiger partial charge in [-0.1, -0.05) is 55.1 Å². The smallest absolute Gasteiger partial charge is 0.247 e. The first-order chi connectivity index (χ1) is 14.1. The maximum Gasteiger partial charge on any atom is 0.247 e. The summed E-state index contributed by atoms with van der Waals surface area (Å²) in [6.45, 7) is 3.97. The van der Waals surface area contributed by atoms with Crippen LogP contribution in [0.4, 0.5) is 5.69 Å². The first-order valence-corrected chi connectivity index (χ1v) is 9.45. The highest BCUT2D eigenvalue weighted by Gasteiger charge is 2.10. The zero-order valence-electron chi connectivity index (χ0n) is 16.4. The number of carbonyl (C=O) groups is 2. The van der Waals surface area contributed by atoms with Crippen molar-refractivity contribution < 1.29 is 14.3 Å². The molecule has 29 heavy (non-hydrogen) atoms. The van der Waals surface area contributed by atoms with Gasteiger partial charge in [-0.2, -0.15) is 0 Å². The number of fused-ring (bicyclic) bond motifs is 1. The average Bonchev–Trinajstić information content (AvgIpc) is 2.75. The highest BCUT2D eigenvalue weighted by atomic mass is 16.5. The molecule has 0 aromatic heterocycles. The van der Waals surface area contributed by atoms with Gasteiger partial charge < -0.3 is 15.4 Å². The first kappa shape index (κ1) is 20.1. The second-order valence-electron chi connectivity index (χ2n) is 6.60. The third kappa shape index (κ3) is 5.02. The highest BCUT2D eigenvalue weighted by molar-refractivity contribution is 5.99. The van der Waals surface area contributed by atoms with E-state index in [1.807, 2.05) is 48.5 Å². The van der Waals surface area contributed by atoms with Crippen molar-refractivity contribution in [1.82, 2.24) is 5.32 Å². The normalized spacial score (nSPS) is 10.4. The van der Waals surface area contributed by atoms with E-state index in [4.69, 9.17) is 4.74 Å². The monoisotopic (exact) mass is 388 g/mol. The van der Waals surface area contributed by atoms with E-state index in [2.05, 4.69) is 23.3 Å². The summed E-state index contributed by atoms with van der Waals surface area (Å²) in [5.41, 5.74) is 2.53. The van der Waals surface area contributed by atoms with Crippen LogP contribution in [-0.4, -0.2) is 25.5 Å². The van der Waals surface area contributed by atoms with Crippen molar-refractivity contribution in [2.24, 2.45) is 0 Å². The number of para-hydroxylation sites is 1. The molecular formula is C24H24N2O3. The summed E-state index contributed by atoms with van der Waals surface area (Å²) in [7, 11) is 1.66. The minimum Gasteiger partial charge on any atom is -0.496 e. The molecule has 0 unspecified atom stereocenters. The van der Waals surface area contributed by atoms with E-state index < -0.39 is 0 Å². The lowest BCUT2D eigenvalue weighted by Crippen LogP contribution is -2.27. The molecule has 0 saturated carbocycles. The van der Waals surface area contributed by atoms with E-state index in [0.717, 1.165) is 27.6 Å². The van der Waals surface area contributed by atoms with Crippen LogP contribution in [0.25, 0.3) is 10.8 Å². The largest absolute Gasteiger partial charge is 0.496 e. The van der Waals surface area contributed by atoms with Gasteiger partial charge in [0.15, 0.2) is 0 Å². The Hall–Kier alpha value is -3.60. The van der Waals surface area contributed by atoms with Crippen molar-refractivity contribution in [2.75, 3.05) is 19.0 Å². The van der Waals surface area contributed by atoms with Crippen LogP contribution in [0.15, 0.2) is 73.3 Å². The van der Waals surface area contributed by atoms with Crippen molar-refractivity contribution in [2.45, 2.75) is 12.8 Å². The van der Waals surface area contributed by atoms with Gasteiger partial charge in [0.25, 0.3) is 0 Å². The second-order valence-corrected chi connectivity index (χ2v) is 6.60. The summed E-state index contributed by atoms with van der Waals surface area (Å²) in [5, 5.41) is 7.88. The molecule has 148 valence electrons. The molecule has 3 aromatic carbocycles. The van der Waals surface area contributed by atoms with Gasteiger partial charge in [0.1, 0.15) is 5.75 Å². The number of carbonyl (C=O) groups excluding carboxylic acids is 2. The van der Waals surface area contributed by atoms with Crippen molar-refractivity contribution >= 4 is 28.3 Å². The third-order valence-corrected chi connectivity index (χ3v) is 4.72. The zero-order valence-corrected chi connectivity index (χ0v) is 16.4. The fourth-order valence-electron chi connectivity index (χ4n) is 3.28. The number of hydrogen-bond donors (Lipinski definition) is 2. The molecule has 5 heteroatoms. The van der Waals surface area contributed by atoms with Crippen LogP contribution < -0.4 is 15.4 Å². The van der Waals surface area contributed by atoms with Gasteiger partial charge in [-0.15, -0.1) is 0 Å². The van der Waals surface area contributed by atoms with Gasteiger partial charge in [0, 0.05) is 17.6 Å². The molecule has 0 aliphatic heterocycles. The molecule has 0 heterocycles. The number of hydrogen-bond acceptors (Lipinski definition) is 3. The van der Waals surface area contributed by atoms with Gasteiger partial charge in [0.05, 0.1) is 13.5 Å². The van der Waals surface area contributed by atoms with Crippen molar-refractivity contribution in [1.29, 1.82) is 0 Å². The molecule has 2 N–H and O–H groups in total. The zero-order chi connectivity index (χ0) is 20.6. The second kappa shape index (κ2) is 9.55. The fraction of sp³-hybridized carbons (Fsp3) is 0.167. The summed E-state index contributed by atoms with van der Waals surface area (Å²) >= 11 is 0. The third-order valence-electron chi connectivity index (χ3n) is 4.72. The number of benzene rings is 3. The fourth-order valence-corrected chi connectivity index (χ4v) is 3.28. The van der Waals surface area contributed by atoms with Gasteiger partial charge in [-0.25, -0.2) is 0 Å². The Labute approximate surface area is 170 Å². The number of methoxy groups -OCH3 is 1. The van der Waals surface area contributed by atoms with Crippen molar-refractivity contribution in [3.05, 3.63) is 84.4 Å². The Morgan fingerprint density at radius 3 is 2.45 bits per heavy atom. The van der Waals surface area contributed by atoms with E-state index in [0.29, 0.717) is 18.7 Å². The number of nitrogens with one attached hydrogen (secondary N) is 2. The van der Waals surface area contributed by atoms with Crippen molar-refractivity contribution in [3.63, 3.8) is 0 Å². The summed E-state index contributed by atoms with van der Waals surface area (Å²) in [6.07, 6.45) is 2.11. The quantitative estimate of drug-likeness (QED) is 0.576. The number of ether oxygens (including phenoxy) is 1. The maximum atomic E-state index is 12.4. The molecule has 0 saturated heterocycles. The van der Waals surface area contributed by atoms with E-state index in [1.165, 1.54) is 6.08 Å². The maximum absolute atomic E-state index is 12.4. The molecule has 0 radical (unpaired) electrons. The van der Waals surface area contributed by atoms with E-state index >= 15 is 0 Å². The molecule has 0 bridgehead atoms. The lowest BCUT2D eigenvalue weighted by atomic mass is 10.0. The van der Waals surface area contributed by atoms with Gasteiger partial charge in [-0.05, 0) is 41.1 Å². The number of anilines is 1. The average molecular weight is 388 g/mol. The minimum atomic E-state index is -0.302. The molecule has 0 aliphatic carbocycles. The molecule has 2 amide bonds. The minimum absolute atomic E-state index is 0.0943. The number of amides is 2. The van der Waals surface area contributed by atoms with E-state index in [9.17, 15) is 9.59 Å². The molecule has 0 aliphatic rings. The molecular weight excluding hydrogens is 364 g/mol. The lowest BCUT2D eigenvalue weighted by Gasteiger charge is -2.12. The topological polar surface area (TPSA) is 67.4 Å². The summed E-state index contributed by atoms with van der Waals surface area (Å²) in [6, 6.07) is 19.3. The molecule has 0 atom stereocenters. The van der Waals surface area contributed by atoms with Crippen LogP contribution in [0.5, 0.6) is 5.75 Å². The van der Waals surface area contributed by atoms with Gasteiger partial charge >= 0.3 is 0 Å². The van der Waals surface area contributed by atoms with Crippen LogP contribution in [-0.2, 0) is 22.4 Å². The van der Waals surface area contributed by atoms with Gasteiger partial charge in [0.2, 0.25) is 11.8 Å². The standard InChI is InChI=1S/C24H24N2O3/c1-3-23(27)26-21-11-7-4-8-18(21)16-24(28)25-15-14-17-12-13-22(29-2)20-10-6-5-9-19(17)20/h3-13H,1,14-16H2,2H3,(H,25,28)(H,26,27). The summed E-state index contributed by atoms with van der Waals surface area (Å²) in [4.78, 5) is 24.0. The molecule has 3 rings (SSSR count). The Morgan fingerprint density at radius 1 is 0.966 bits per heavy atom. The Morgan fingerprint density at radius 2 is 1.69 bits per heavy atom. The van der Waals surface area contributed by atoms with Crippen LogP contribution in [0.3, 0.4) is 0 Å². The van der Waals surface area contributed by atoms with Crippen LogP contribution in [0, 0.1) is 0 Å². The van der Waals surface area contributed by atoms with Crippen LogP contribution in [0.1, 0.15) is 11.1 Å². The predicted molar refractivity (Wildman–Crippen MR) is 116 cm³/mol. The molecule has 3 aromatic rings. The summed E-state index contributed by atoms with van der Waals surface area (Å²) in [5.74, 6) is 0.443. The van der Waals surface area contributed by atoms with Crippen LogP contribution >= 0.6 is 0 Å². The van der Waals surface area contributed by atoms with E-state index in [1.54, 1.807) is 13.2 Å². The highest BCUT2D eigenvalue weighted by Crippen LogP contribution is 2.28. The molecule has 0 spiro atoms. The Kier molecular flexibility index (Phi) is 6.63. The predicted octanol–water partition coefficient (Wildman–Crippen LogP) is 3.87. The molecule has 0 fully saturated rings. The van der Waals surface area contributed by atoms with Crippen LogP contribution in [0.2, 0.25) is 0 Å². The molecule has 5 nitrogen and oxygen atoms in total. The van der Waals surface area contributed by atoms with Crippen molar-refractivity contribution in [3.8, 4) is 5.75 Å². The SMILES string of the molecule is C=CC(=O)Nc1ccccc1CC(=O)NCCc1ccc(OC)c2ccccc12. The lowest BCUT2D eigenvalue weighted by molar-refractivity contribution is -0.120. The van der Waals surface area contributed by atoms with Gasteiger partial charge in [-0.3, -0.25) is 9.59 Å². The number of rotatable bonds is 8.